The Kier molecular flexibility index (Phi) is 4.34. The minimum atomic E-state index is -3.65. The van der Waals surface area contributed by atoms with Gasteiger partial charge in [0.1, 0.15) is 4.90 Å². The lowest BCUT2D eigenvalue weighted by atomic mass is 10.1. The van der Waals surface area contributed by atoms with Crippen molar-refractivity contribution in [1.29, 1.82) is 0 Å². The van der Waals surface area contributed by atoms with Gasteiger partial charge in [-0.25, -0.2) is 13.1 Å². The maximum atomic E-state index is 12.4. The molecule has 0 saturated carbocycles. The first-order valence-corrected chi connectivity index (χ1v) is 8.14. The standard InChI is InChI=1S/C14H20N4O2S/c1-10-7-13(15)14(8-11(10)2)21(19,20)17-12(3)9-18-6-4-5-16-18/h4-8,12,17H,9,15H2,1-3H3. The zero-order chi connectivity index (χ0) is 15.6. The maximum Gasteiger partial charge on any atom is 0.242 e. The van der Waals surface area contributed by atoms with Gasteiger partial charge in [-0.15, -0.1) is 0 Å². The summed E-state index contributed by atoms with van der Waals surface area (Å²) < 4.78 is 29.2. The quantitative estimate of drug-likeness (QED) is 0.818. The monoisotopic (exact) mass is 308 g/mol. The van der Waals surface area contributed by atoms with Crippen LogP contribution in [-0.2, 0) is 16.6 Å². The first-order valence-electron chi connectivity index (χ1n) is 6.66. The number of nitrogen functional groups attached to an aromatic ring is 1. The Morgan fingerprint density at radius 1 is 1.33 bits per heavy atom. The molecule has 0 spiro atoms. The number of hydrogen-bond acceptors (Lipinski definition) is 4. The number of aryl methyl sites for hydroxylation is 2. The van der Waals surface area contributed by atoms with Crippen molar-refractivity contribution in [2.75, 3.05) is 5.73 Å². The van der Waals surface area contributed by atoms with Gasteiger partial charge in [-0.05, 0) is 50.1 Å². The number of aromatic nitrogens is 2. The predicted molar refractivity (Wildman–Crippen MR) is 82.3 cm³/mol. The molecule has 0 saturated heterocycles. The molecule has 0 fully saturated rings. The van der Waals surface area contributed by atoms with Crippen LogP contribution in [0.5, 0.6) is 0 Å². The van der Waals surface area contributed by atoms with E-state index in [2.05, 4.69) is 9.82 Å². The van der Waals surface area contributed by atoms with Gasteiger partial charge in [0.05, 0.1) is 12.2 Å². The summed E-state index contributed by atoms with van der Waals surface area (Å²) in [6.45, 7) is 6.00. The van der Waals surface area contributed by atoms with E-state index in [-0.39, 0.29) is 16.6 Å². The molecule has 21 heavy (non-hydrogen) atoms. The topological polar surface area (TPSA) is 90.0 Å². The molecular weight excluding hydrogens is 288 g/mol. The molecule has 114 valence electrons. The second-order valence-corrected chi connectivity index (χ2v) is 6.91. The Balaban J connectivity index is 2.20. The van der Waals surface area contributed by atoms with Crippen LogP contribution in [-0.4, -0.2) is 24.2 Å². The Labute approximate surface area is 125 Å². The largest absolute Gasteiger partial charge is 0.398 e. The molecule has 2 aromatic rings. The fraction of sp³-hybridized carbons (Fsp3) is 0.357. The van der Waals surface area contributed by atoms with Gasteiger partial charge in [0, 0.05) is 18.4 Å². The van der Waals surface area contributed by atoms with Crippen LogP contribution >= 0.6 is 0 Å². The zero-order valence-electron chi connectivity index (χ0n) is 12.4. The van der Waals surface area contributed by atoms with Gasteiger partial charge in [0.15, 0.2) is 0 Å². The van der Waals surface area contributed by atoms with Crippen molar-refractivity contribution >= 4 is 15.7 Å². The number of benzene rings is 1. The van der Waals surface area contributed by atoms with Crippen molar-refractivity contribution in [2.24, 2.45) is 0 Å². The van der Waals surface area contributed by atoms with Crippen LogP contribution in [0.4, 0.5) is 5.69 Å². The molecule has 1 heterocycles. The van der Waals surface area contributed by atoms with Crippen LogP contribution in [0.15, 0.2) is 35.5 Å². The Morgan fingerprint density at radius 2 is 2.00 bits per heavy atom. The van der Waals surface area contributed by atoms with E-state index in [0.29, 0.717) is 6.54 Å². The summed E-state index contributed by atoms with van der Waals surface area (Å²) in [6, 6.07) is 4.79. The second kappa shape index (κ2) is 5.87. The third kappa shape index (κ3) is 3.62. The van der Waals surface area contributed by atoms with Gasteiger partial charge in [-0.1, -0.05) is 0 Å². The number of rotatable bonds is 5. The summed E-state index contributed by atoms with van der Waals surface area (Å²) in [5.41, 5.74) is 7.97. The van der Waals surface area contributed by atoms with E-state index < -0.39 is 10.0 Å². The molecule has 0 aliphatic rings. The lowest BCUT2D eigenvalue weighted by molar-refractivity contribution is 0.494. The summed E-state index contributed by atoms with van der Waals surface area (Å²) in [4.78, 5) is 0.123. The minimum Gasteiger partial charge on any atom is -0.398 e. The van der Waals surface area contributed by atoms with E-state index >= 15 is 0 Å². The highest BCUT2D eigenvalue weighted by atomic mass is 32.2. The van der Waals surface area contributed by atoms with Crippen molar-refractivity contribution in [3.8, 4) is 0 Å². The molecular formula is C14H20N4O2S. The molecule has 1 aromatic heterocycles. The summed E-state index contributed by atoms with van der Waals surface area (Å²) in [5.74, 6) is 0. The predicted octanol–water partition coefficient (Wildman–Crippen LogP) is 1.45. The highest BCUT2D eigenvalue weighted by molar-refractivity contribution is 7.89. The third-order valence-corrected chi connectivity index (χ3v) is 4.94. The van der Waals surface area contributed by atoms with Gasteiger partial charge < -0.3 is 5.73 Å². The average Bonchev–Trinajstić information content (AvgIpc) is 2.85. The molecule has 1 atom stereocenters. The number of hydrogen-bond donors (Lipinski definition) is 2. The number of nitrogens with two attached hydrogens (primary N) is 1. The first-order chi connectivity index (χ1) is 9.79. The van der Waals surface area contributed by atoms with Crippen molar-refractivity contribution < 1.29 is 8.42 Å². The van der Waals surface area contributed by atoms with E-state index in [1.54, 1.807) is 42.2 Å². The van der Waals surface area contributed by atoms with Gasteiger partial charge in [0.2, 0.25) is 10.0 Å². The summed E-state index contributed by atoms with van der Waals surface area (Å²) in [6.07, 6.45) is 3.44. The molecule has 2 rings (SSSR count). The Hall–Kier alpha value is -1.86. The zero-order valence-corrected chi connectivity index (χ0v) is 13.2. The molecule has 0 amide bonds. The fourth-order valence-electron chi connectivity index (χ4n) is 2.10. The highest BCUT2D eigenvalue weighted by Gasteiger charge is 2.21. The molecule has 6 nitrogen and oxygen atoms in total. The normalized spacial score (nSPS) is 13.3. The van der Waals surface area contributed by atoms with Crippen LogP contribution in [0.1, 0.15) is 18.1 Å². The SMILES string of the molecule is Cc1cc(N)c(S(=O)(=O)NC(C)Cn2cccn2)cc1C. The fourth-order valence-corrected chi connectivity index (χ4v) is 3.53. The molecule has 0 aliphatic heterocycles. The molecule has 7 heteroatoms. The second-order valence-electron chi connectivity index (χ2n) is 5.22. The lowest BCUT2D eigenvalue weighted by Crippen LogP contribution is -2.36. The van der Waals surface area contributed by atoms with Crippen molar-refractivity contribution in [1.82, 2.24) is 14.5 Å². The van der Waals surface area contributed by atoms with Crippen molar-refractivity contribution in [3.63, 3.8) is 0 Å². The van der Waals surface area contributed by atoms with Crippen molar-refractivity contribution in [3.05, 3.63) is 41.7 Å². The summed E-state index contributed by atoms with van der Waals surface area (Å²) >= 11 is 0. The van der Waals surface area contributed by atoms with Gasteiger partial charge in [-0.2, -0.15) is 5.10 Å². The van der Waals surface area contributed by atoms with Gasteiger partial charge >= 0.3 is 0 Å². The van der Waals surface area contributed by atoms with Crippen LogP contribution in [0.3, 0.4) is 0 Å². The summed E-state index contributed by atoms with van der Waals surface area (Å²) in [7, 11) is -3.65. The maximum absolute atomic E-state index is 12.4. The number of anilines is 1. The summed E-state index contributed by atoms with van der Waals surface area (Å²) in [5, 5.41) is 4.06. The Bertz CT molecular complexity index is 724. The highest BCUT2D eigenvalue weighted by Crippen LogP contribution is 2.22. The van der Waals surface area contributed by atoms with Gasteiger partial charge in [-0.3, -0.25) is 4.68 Å². The van der Waals surface area contributed by atoms with Crippen LogP contribution < -0.4 is 10.5 Å². The number of nitrogens with one attached hydrogen (secondary N) is 1. The molecule has 0 aliphatic carbocycles. The van der Waals surface area contributed by atoms with E-state index in [0.717, 1.165) is 11.1 Å². The first kappa shape index (κ1) is 15.5. The van der Waals surface area contributed by atoms with E-state index in [1.165, 1.54) is 0 Å². The smallest absolute Gasteiger partial charge is 0.242 e. The van der Waals surface area contributed by atoms with E-state index in [1.807, 2.05) is 13.8 Å². The number of sulfonamides is 1. The van der Waals surface area contributed by atoms with Crippen LogP contribution in [0, 0.1) is 13.8 Å². The minimum absolute atomic E-state index is 0.123. The van der Waals surface area contributed by atoms with Crippen LogP contribution in [0.25, 0.3) is 0 Å². The lowest BCUT2D eigenvalue weighted by Gasteiger charge is -2.16. The Morgan fingerprint density at radius 3 is 2.62 bits per heavy atom. The molecule has 3 N–H and O–H groups in total. The van der Waals surface area contributed by atoms with Gasteiger partial charge in [0.25, 0.3) is 0 Å². The van der Waals surface area contributed by atoms with Crippen molar-refractivity contribution in [2.45, 2.75) is 38.3 Å². The molecule has 1 aromatic carbocycles. The third-order valence-electron chi connectivity index (χ3n) is 3.29. The average molecular weight is 308 g/mol. The van der Waals surface area contributed by atoms with E-state index in [9.17, 15) is 8.42 Å². The molecule has 1 unspecified atom stereocenters. The molecule has 0 bridgehead atoms. The number of nitrogens with zero attached hydrogens (tertiary/aromatic N) is 2. The molecule has 0 radical (unpaired) electrons. The van der Waals surface area contributed by atoms with E-state index in [4.69, 9.17) is 5.73 Å². The van der Waals surface area contributed by atoms with Crippen LogP contribution in [0.2, 0.25) is 0 Å².